The highest BCUT2D eigenvalue weighted by Gasteiger charge is 2.48. The fourth-order valence-corrected chi connectivity index (χ4v) is 2.30. The SMILES string of the molecule is C/C(=N\[S@+]([O-])C(C)(C)C)[C@@H]1C[C@H]1C(=O)OC(C)(C)C. The molecule has 5 heteroatoms. The van der Waals surface area contributed by atoms with Crippen molar-refractivity contribution in [3.05, 3.63) is 0 Å². The topological polar surface area (TPSA) is 61.7 Å². The van der Waals surface area contributed by atoms with Gasteiger partial charge in [0.05, 0.1) is 11.6 Å². The summed E-state index contributed by atoms with van der Waals surface area (Å²) < 4.78 is 21.1. The molecule has 1 saturated carbocycles. The molecule has 0 spiro atoms. The van der Waals surface area contributed by atoms with Gasteiger partial charge < -0.3 is 9.29 Å². The Hall–Kier alpha value is -0.550. The zero-order chi connectivity index (χ0) is 15.0. The maximum absolute atomic E-state index is 11.9. The van der Waals surface area contributed by atoms with E-state index >= 15 is 0 Å². The first-order valence-electron chi connectivity index (χ1n) is 6.62. The van der Waals surface area contributed by atoms with E-state index < -0.39 is 17.0 Å². The van der Waals surface area contributed by atoms with Crippen LogP contribution in [-0.2, 0) is 20.9 Å². The minimum absolute atomic E-state index is 0.0983. The second kappa shape index (κ2) is 5.44. The van der Waals surface area contributed by atoms with Gasteiger partial charge in [-0.1, -0.05) is 4.40 Å². The summed E-state index contributed by atoms with van der Waals surface area (Å²) in [6.45, 7) is 13.1. The van der Waals surface area contributed by atoms with E-state index in [0.717, 1.165) is 12.1 Å². The molecule has 110 valence electrons. The van der Waals surface area contributed by atoms with Crippen molar-refractivity contribution in [2.75, 3.05) is 0 Å². The van der Waals surface area contributed by atoms with Gasteiger partial charge in [-0.2, -0.15) is 0 Å². The zero-order valence-corrected chi connectivity index (χ0v) is 13.8. The molecule has 0 aliphatic heterocycles. The predicted molar refractivity (Wildman–Crippen MR) is 78.4 cm³/mol. The number of esters is 1. The zero-order valence-electron chi connectivity index (χ0n) is 12.9. The standard InChI is InChI=1S/C14H25NO3S/c1-9(15-19(17)14(5,6)7)10-8-11(10)12(16)18-13(2,3)4/h10-11H,8H2,1-7H3/b15-9+/t10-,11+,19+/m0/s1. The van der Waals surface area contributed by atoms with Crippen LogP contribution in [0.2, 0.25) is 0 Å². The van der Waals surface area contributed by atoms with E-state index in [0.29, 0.717) is 0 Å². The Balaban J connectivity index is 2.58. The monoisotopic (exact) mass is 287 g/mol. The number of rotatable bonds is 3. The normalized spacial score (nSPS) is 26.0. The van der Waals surface area contributed by atoms with E-state index in [-0.39, 0.29) is 22.6 Å². The van der Waals surface area contributed by atoms with E-state index in [9.17, 15) is 9.35 Å². The molecule has 3 atom stereocenters. The summed E-state index contributed by atoms with van der Waals surface area (Å²) in [7, 11) is 0. The van der Waals surface area contributed by atoms with Gasteiger partial charge in [-0.3, -0.25) is 4.79 Å². The molecule has 0 bridgehead atoms. The lowest BCUT2D eigenvalue weighted by Gasteiger charge is -2.20. The van der Waals surface area contributed by atoms with Gasteiger partial charge in [0.25, 0.3) is 0 Å². The molecule has 0 unspecified atom stereocenters. The van der Waals surface area contributed by atoms with Crippen LogP contribution in [0.3, 0.4) is 0 Å². The molecular formula is C14H25NO3S. The molecule has 0 N–H and O–H groups in total. The van der Waals surface area contributed by atoms with Gasteiger partial charge in [0.2, 0.25) is 0 Å². The van der Waals surface area contributed by atoms with Gasteiger partial charge in [-0.15, -0.1) is 0 Å². The predicted octanol–water partition coefficient (Wildman–Crippen LogP) is 2.89. The molecule has 0 aromatic rings. The maximum Gasteiger partial charge on any atom is 0.310 e. The highest BCUT2D eigenvalue weighted by molar-refractivity contribution is 7.91. The van der Waals surface area contributed by atoms with Crippen LogP contribution in [0.5, 0.6) is 0 Å². The lowest BCUT2D eigenvalue weighted by molar-refractivity contribution is -0.156. The fraction of sp³-hybridized carbons (Fsp3) is 0.857. The molecule has 0 radical (unpaired) electrons. The minimum atomic E-state index is -1.26. The molecule has 0 aromatic carbocycles. The van der Waals surface area contributed by atoms with Crippen LogP contribution in [0.1, 0.15) is 54.9 Å². The van der Waals surface area contributed by atoms with Crippen molar-refractivity contribution in [2.45, 2.75) is 65.2 Å². The van der Waals surface area contributed by atoms with Crippen molar-refractivity contribution >= 4 is 23.0 Å². The van der Waals surface area contributed by atoms with Crippen molar-refractivity contribution < 1.29 is 14.1 Å². The van der Waals surface area contributed by atoms with Crippen molar-refractivity contribution in [3.63, 3.8) is 0 Å². The minimum Gasteiger partial charge on any atom is -0.591 e. The Bertz CT molecular complexity index is 379. The van der Waals surface area contributed by atoms with Crippen molar-refractivity contribution in [3.8, 4) is 0 Å². The first-order chi connectivity index (χ1) is 8.42. The van der Waals surface area contributed by atoms with Gasteiger partial charge in [-0.05, 0) is 54.9 Å². The fourth-order valence-electron chi connectivity index (χ4n) is 1.63. The highest BCUT2D eigenvalue weighted by Crippen LogP contribution is 2.42. The molecule has 0 heterocycles. The number of ether oxygens (including phenoxy) is 1. The molecule has 1 rings (SSSR count). The first kappa shape index (κ1) is 16.5. The number of hydrogen-bond donors (Lipinski definition) is 0. The Kier molecular flexibility index (Phi) is 4.73. The van der Waals surface area contributed by atoms with Gasteiger partial charge in [0.15, 0.2) is 0 Å². The smallest absolute Gasteiger partial charge is 0.310 e. The van der Waals surface area contributed by atoms with E-state index in [1.165, 1.54) is 0 Å². The van der Waals surface area contributed by atoms with Crippen LogP contribution in [0.4, 0.5) is 0 Å². The highest BCUT2D eigenvalue weighted by atomic mass is 32.2. The summed E-state index contributed by atoms with van der Waals surface area (Å²) in [5.74, 6) is -0.185. The third kappa shape index (κ3) is 5.15. The van der Waals surface area contributed by atoms with Gasteiger partial charge in [0, 0.05) is 5.92 Å². The van der Waals surface area contributed by atoms with Crippen molar-refractivity contribution in [1.29, 1.82) is 0 Å². The second-order valence-corrected chi connectivity index (χ2v) is 8.98. The van der Waals surface area contributed by atoms with Crippen LogP contribution in [0, 0.1) is 11.8 Å². The lowest BCUT2D eigenvalue weighted by atomic mass is 10.2. The molecule has 0 amide bonds. The van der Waals surface area contributed by atoms with Crippen LogP contribution < -0.4 is 0 Å². The second-order valence-electron chi connectivity index (χ2n) is 7.08. The molecule has 0 aromatic heterocycles. The average Bonchev–Trinajstić information content (AvgIpc) is 2.91. The number of carbonyl (C=O) groups excluding carboxylic acids is 1. The third-order valence-electron chi connectivity index (χ3n) is 2.79. The Labute approximate surface area is 119 Å². The van der Waals surface area contributed by atoms with Crippen LogP contribution >= 0.6 is 0 Å². The Morgan fingerprint density at radius 1 is 1.21 bits per heavy atom. The molecule has 19 heavy (non-hydrogen) atoms. The maximum atomic E-state index is 11.9. The summed E-state index contributed by atoms with van der Waals surface area (Å²) in [6.07, 6.45) is 0.756. The largest absolute Gasteiger partial charge is 0.591 e. The van der Waals surface area contributed by atoms with E-state index in [1.54, 1.807) is 0 Å². The summed E-state index contributed by atoms with van der Waals surface area (Å²) in [6, 6.07) is 0. The summed E-state index contributed by atoms with van der Waals surface area (Å²) >= 11 is -1.26. The van der Waals surface area contributed by atoms with Gasteiger partial charge in [0.1, 0.15) is 21.7 Å². The molecule has 1 aliphatic rings. The van der Waals surface area contributed by atoms with Crippen molar-refractivity contribution in [1.82, 2.24) is 0 Å². The first-order valence-corrected chi connectivity index (χ1v) is 7.72. The van der Waals surface area contributed by atoms with Gasteiger partial charge >= 0.3 is 5.97 Å². The van der Waals surface area contributed by atoms with Crippen molar-refractivity contribution in [2.24, 2.45) is 16.2 Å². The number of carbonyl (C=O) groups is 1. The molecule has 4 nitrogen and oxygen atoms in total. The quantitative estimate of drug-likeness (QED) is 0.455. The van der Waals surface area contributed by atoms with E-state index in [4.69, 9.17) is 4.74 Å². The summed E-state index contributed by atoms with van der Waals surface area (Å²) in [5, 5.41) is 0. The molecule has 1 aliphatic carbocycles. The molecule has 0 saturated heterocycles. The number of nitrogens with zero attached hydrogens (tertiary/aromatic N) is 1. The van der Waals surface area contributed by atoms with E-state index in [1.807, 2.05) is 48.5 Å². The average molecular weight is 287 g/mol. The lowest BCUT2D eigenvalue weighted by Crippen LogP contribution is -2.27. The van der Waals surface area contributed by atoms with E-state index in [2.05, 4.69) is 4.40 Å². The molecule has 1 fully saturated rings. The van der Waals surface area contributed by atoms with Crippen LogP contribution in [0.15, 0.2) is 4.40 Å². The van der Waals surface area contributed by atoms with Crippen LogP contribution in [0.25, 0.3) is 0 Å². The Morgan fingerprint density at radius 2 is 1.74 bits per heavy atom. The third-order valence-corrected chi connectivity index (χ3v) is 4.29. The Morgan fingerprint density at radius 3 is 2.16 bits per heavy atom. The summed E-state index contributed by atoms with van der Waals surface area (Å²) in [5.41, 5.74) is 0.341. The number of hydrogen-bond acceptors (Lipinski definition) is 4. The molecular weight excluding hydrogens is 262 g/mol. The van der Waals surface area contributed by atoms with Crippen LogP contribution in [-0.4, -0.2) is 26.6 Å². The summed E-state index contributed by atoms with van der Waals surface area (Å²) in [4.78, 5) is 11.9. The van der Waals surface area contributed by atoms with Gasteiger partial charge in [-0.25, -0.2) is 0 Å².